The average molecular weight is 399 g/mol. The van der Waals surface area contributed by atoms with E-state index in [4.69, 9.17) is 11.6 Å². The Morgan fingerprint density at radius 3 is 2.32 bits per heavy atom. The van der Waals surface area contributed by atoms with Gasteiger partial charge in [-0.3, -0.25) is 9.59 Å². The molecule has 0 aliphatic carbocycles. The molecule has 0 bridgehead atoms. The van der Waals surface area contributed by atoms with Crippen molar-refractivity contribution in [3.63, 3.8) is 0 Å². The van der Waals surface area contributed by atoms with Crippen molar-refractivity contribution < 1.29 is 9.59 Å². The number of carbonyl (C=O) groups is 2. The lowest BCUT2D eigenvalue weighted by Gasteiger charge is -2.32. The Balaban J connectivity index is 1.55. The van der Waals surface area contributed by atoms with Crippen LogP contribution in [0, 0.1) is 5.92 Å². The summed E-state index contributed by atoms with van der Waals surface area (Å²) in [7, 11) is 0. The Kier molecular flexibility index (Phi) is 7.10. The van der Waals surface area contributed by atoms with E-state index in [2.05, 4.69) is 24.4 Å². The maximum absolute atomic E-state index is 12.8. The maximum Gasteiger partial charge on any atom is 0.253 e. The molecule has 1 atom stereocenters. The molecule has 1 fully saturated rings. The van der Waals surface area contributed by atoms with Gasteiger partial charge >= 0.3 is 0 Å². The van der Waals surface area contributed by atoms with Crippen molar-refractivity contribution in [2.75, 3.05) is 13.1 Å². The molecule has 2 aromatic rings. The number of nitrogens with one attached hydrogen (secondary N) is 1. The van der Waals surface area contributed by atoms with Crippen molar-refractivity contribution in [2.45, 2.75) is 38.6 Å². The quantitative estimate of drug-likeness (QED) is 0.756. The molecule has 1 aliphatic rings. The summed E-state index contributed by atoms with van der Waals surface area (Å²) in [5, 5.41) is 3.85. The van der Waals surface area contributed by atoms with Gasteiger partial charge in [0.2, 0.25) is 5.91 Å². The van der Waals surface area contributed by atoms with E-state index in [1.165, 1.54) is 0 Å². The van der Waals surface area contributed by atoms with Crippen LogP contribution in [0.2, 0.25) is 5.02 Å². The second-order valence-electron chi connectivity index (χ2n) is 7.33. The van der Waals surface area contributed by atoms with E-state index in [0.717, 1.165) is 18.4 Å². The molecule has 4 nitrogen and oxygen atoms in total. The van der Waals surface area contributed by atoms with Gasteiger partial charge in [0.1, 0.15) is 0 Å². The summed E-state index contributed by atoms with van der Waals surface area (Å²) in [6, 6.07) is 17.1. The van der Waals surface area contributed by atoms with Crippen molar-refractivity contribution >= 4 is 23.4 Å². The summed E-state index contributed by atoms with van der Waals surface area (Å²) in [6.45, 7) is 3.33. The van der Waals surface area contributed by atoms with Crippen LogP contribution in [0.15, 0.2) is 54.6 Å². The number of carbonyl (C=O) groups excluding carboxylic acids is 2. The second-order valence-corrected chi connectivity index (χ2v) is 7.77. The third-order valence-electron chi connectivity index (χ3n) is 5.34. The molecule has 1 heterocycles. The van der Waals surface area contributed by atoms with Crippen LogP contribution in [0.25, 0.3) is 0 Å². The smallest absolute Gasteiger partial charge is 0.253 e. The highest BCUT2D eigenvalue weighted by atomic mass is 35.5. The zero-order valence-corrected chi connectivity index (χ0v) is 17.0. The van der Waals surface area contributed by atoms with Crippen molar-refractivity contribution in [1.82, 2.24) is 10.2 Å². The molecule has 148 valence electrons. The van der Waals surface area contributed by atoms with Crippen LogP contribution in [0.4, 0.5) is 0 Å². The number of halogens is 1. The highest BCUT2D eigenvalue weighted by molar-refractivity contribution is 6.30. The fraction of sp³-hybridized carbons (Fsp3) is 0.391. The lowest BCUT2D eigenvalue weighted by Crippen LogP contribution is -2.43. The van der Waals surface area contributed by atoms with Crippen molar-refractivity contribution in [3.05, 3.63) is 70.7 Å². The molecule has 1 unspecified atom stereocenters. The van der Waals surface area contributed by atoms with Gasteiger partial charge in [-0.05, 0) is 49.1 Å². The minimum atomic E-state index is -0.0441. The molecule has 0 saturated carbocycles. The van der Waals surface area contributed by atoms with Crippen LogP contribution < -0.4 is 5.32 Å². The molecule has 2 amide bonds. The van der Waals surface area contributed by atoms with E-state index in [9.17, 15) is 9.59 Å². The third kappa shape index (κ3) is 5.14. The molecule has 3 rings (SSSR count). The number of benzene rings is 2. The van der Waals surface area contributed by atoms with Crippen molar-refractivity contribution in [1.29, 1.82) is 0 Å². The Hall–Kier alpha value is -2.33. The topological polar surface area (TPSA) is 49.4 Å². The molecule has 0 aromatic heterocycles. The summed E-state index contributed by atoms with van der Waals surface area (Å²) in [5.41, 5.74) is 1.78. The molecular weight excluding hydrogens is 372 g/mol. The van der Waals surface area contributed by atoms with Crippen molar-refractivity contribution in [3.8, 4) is 0 Å². The largest absolute Gasteiger partial charge is 0.349 e. The standard InChI is InChI=1S/C23H27ClN2O2/c1-2-6-21(17-7-4-3-5-8-17)25-22(27)18-13-15-26(16-14-18)23(28)19-9-11-20(24)12-10-19/h3-5,7-12,18,21H,2,6,13-16H2,1H3,(H,25,27). The van der Waals surface area contributed by atoms with Gasteiger partial charge in [-0.2, -0.15) is 0 Å². The summed E-state index contributed by atoms with van der Waals surface area (Å²) < 4.78 is 0. The summed E-state index contributed by atoms with van der Waals surface area (Å²) >= 11 is 5.89. The lowest BCUT2D eigenvalue weighted by molar-refractivity contribution is -0.127. The minimum Gasteiger partial charge on any atom is -0.349 e. The predicted molar refractivity (Wildman–Crippen MR) is 112 cm³/mol. The fourth-order valence-corrected chi connectivity index (χ4v) is 3.83. The first kappa shape index (κ1) is 20.4. The van der Waals surface area contributed by atoms with Gasteiger partial charge < -0.3 is 10.2 Å². The SMILES string of the molecule is CCCC(NC(=O)C1CCN(C(=O)c2ccc(Cl)cc2)CC1)c1ccccc1. The molecule has 0 radical (unpaired) electrons. The monoisotopic (exact) mass is 398 g/mol. The van der Waals surface area contributed by atoms with Gasteiger partial charge in [0.25, 0.3) is 5.91 Å². The van der Waals surface area contributed by atoms with E-state index in [1.807, 2.05) is 23.1 Å². The zero-order chi connectivity index (χ0) is 19.9. The molecule has 1 saturated heterocycles. The zero-order valence-electron chi connectivity index (χ0n) is 16.2. The maximum atomic E-state index is 12.8. The van der Waals surface area contributed by atoms with Gasteiger partial charge in [0.05, 0.1) is 6.04 Å². The Morgan fingerprint density at radius 1 is 1.07 bits per heavy atom. The molecule has 1 N–H and O–H groups in total. The van der Waals surface area contributed by atoms with Gasteiger partial charge in [0, 0.05) is 29.6 Å². The Morgan fingerprint density at radius 2 is 1.71 bits per heavy atom. The molecule has 2 aromatic carbocycles. The van der Waals surface area contributed by atoms with E-state index >= 15 is 0 Å². The first-order chi connectivity index (χ1) is 13.6. The fourth-order valence-electron chi connectivity index (χ4n) is 3.71. The summed E-state index contributed by atoms with van der Waals surface area (Å²) in [4.78, 5) is 27.3. The van der Waals surface area contributed by atoms with Crippen LogP contribution in [-0.2, 0) is 4.79 Å². The number of hydrogen-bond acceptors (Lipinski definition) is 2. The summed E-state index contributed by atoms with van der Waals surface area (Å²) in [6.07, 6.45) is 3.31. The van der Waals surface area contributed by atoms with Crippen LogP contribution >= 0.6 is 11.6 Å². The minimum absolute atomic E-state index is 0.00340. The normalized spacial score (nSPS) is 15.9. The van der Waals surface area contributed by atoms with E-state index in [-0.39, 0.29) is 23.8 Å². The summed E-state index contributed by atoms with van der Waals surface area (Å²) in [5.74, 6) is 0.0573. The second kappa shape index (κ2) is 9.74. The number of hydrogen-bond donors (Lipinski definition) is 1. The predicted octanol–water partition coefficient (Wildman–Crippen LogP) is 4.85. The van der Waals surface area contributed by atoms with Gasteiger partial charge in [0.15, 0.2) is 0 Å². The molecule has 28 heavy (non-hydrogen) atoms. The van der Waals surface area contributed by atoms with Crippen LogP contribution in [0.3, 0.4) is 0 Å². The number of piperidine rings is 1. The van der Waals surface area contributed by atoms with Gasteiger partial charge in [-0.1, -0.05) is 55.3 Å². The Bertz CT molecular complexity index is 784. The number of nitrogens with zero attached hydrogens (tertiary/aromatic N) is 1. The van der Waals surface area contributed by atoms with Crippen LogP contribution in [-0.4, -0.2) is 29.8 Å². The number of rotatable bonds is 6. The highest BCUT2D eigenvalue weighted by Crippen LogP contribution is 2.23. The Labute approximate surface area is 171 Å². The van der Waals surface area contributed by atoms with Gasteiger partial charge in [-0.15, -0.1) is 0 Å². The van der Waals surface area contributed by atoms with Gasteiger partial charge in [-0.25, -0.2) is 0 Å². The average Bonchev–Trinajstić information content (AvgIpc) is 2.74. The third-order valence-corrected chi connectivity index (χ3v) is 5.59. The molecule has 0 spiro atoms. The molecule has 1 aliphatic heterocycles. The highest BCUT2D eigenvalue weighted by Gasteiger charge is 2.29. The van der Waals surface area contributed by atoms with E-state index in [1.54, 1.807) is 24.3 Å². The lowest BCUT2D eigenvalue weighted by atomic mass is 9.94. The van der Waals surface area contributed by atoms with E-state index in [0.29, 0.717) is 36.5 Å². The first-order valence-electron chi connectivity index (χ1n) is 9.98. The van der Waals surface area contributed by atoms with Crippen LogP contribution in [0.5, 0.6) is 0 Å². The van der Waals surface area contributed by atoms with Crippen molar-refractivity contribution in [2.24, 2.45) is 5.92 Å². The molecule has 5 heteroatoms. The number of amides is 2. The number of likely N-dealkylation sites (tertiary alicyclic amines) is 1. The molecular formula is C23H27ClN2O2. The first-order valence-corrected chi connectivity index (χ1v) is 10.4. The van der Waals surface area contributed by atoms with Crippen LogP contribution in [0.1, 0.15) is 54.6 Å². The van der Waals surface area contributed by atoms with E-state index < -0.39 is 0 Å².